The molecule has 0 radical (unpaired) electrons. The number of nitrogens with one attached hydrogen (secondary N) is 1. The predicted octanol–water partition coefficient (Wildman–Crippen LogP) is 4.70. The van der Waals surface area contributed by atoms with Gasteiger partial charge in [0.25, 0.3) is 0 Å². The second-order valence-corrected chi connectivity index (χ2v) is 7.17. The standard InChI is InChI=1S/C26H21NO3/c1-18-15-19(12-13-20(18)16-28)7-6-14-27-26(29)30-17-25-23-10-4-2-8-21(23)22-9-3-5-11-24(22)25/h2-5,8-13,15-16,25H,14,17H2,1H3,(H,27,29). The molecule has 1 aliphatic carbocycles. The molecule has 0 saturated carbocycles. The lowest BCUT2D eigenvalue weighted by Crippen LogP contribution is -2.26. The summed E-state index contributed by atoms with van der Waals surface area (Å²) in [6.45, 7) is 2.33. The Hall–Kier alpha value is -3.84. The van der Waals surface area contributed by atoms with Gasteiger partial charge in [-0.05, 0) is 46.9 Å². The first-order chi connectivity index (χ1) is 14.7. The third-order valence-corrected chi connectivity index (χ3v) is 5.29. The first kappa shape index (κ1) is 19.5. The van der Waals surface area contributed by atoms with Crippen molar-refractivity contribution in [1.82, 2.24) is 5.32 Å². The SMILES string of the molecule is Cc1cc(C#CCNC(=O)OCC2c3ccccc3-c3ccccc32)ccc1C=O. The molecule has 0 aliphatic heterocycles. The maximum absolute atomic E-state index is 12.1. The highest BCUT2D eigenvalue weighted by molar-refractivity contribution is 5.79. The monoisotopic (exact) mass is 395 g/mol. The molecule has 4 rings (SSSR count). The minimum Gasteiger partial charge on any atom is -0.449 e. The van der Waals surface area contributed by atoms with Gasteiger partial charge in [0.2, 0.25) is 0 Å². The summed E-state index contributed by atoms with van der Waals surface area (Å²) in [5.41, 5.74) is 7.08. The van der Waals surface area contributed by atoms with Crippen molar-refractivity contribution < 1.29 is 14.3 Å². The van der Waals surface area contributed by atoms with Gasteiger partial charge in [-0.3, -0.25) is 4.79 Å². The highest BCUT2D eigenvalue weighted by Crippen LogP contribution is 2.44. The van der Waals surface area contributed by atoms with Gasteiger partial charge in [-0.25, -0.2) is 4.79 Å². The fourth-order valence-electron chi connectivity index (χ4n) is 3.80. The van der Waals surface area contributed by atoms with E-state index in [1.165, 1.54) is 22.3 Å². The number of ether oxygens (including phenoxy) is 1. The van der Waals surface area contributed by atoms with Crippen LogP contribution in [0.25, 0.3) is 11.1 Å². The lowest BCUT2D eigenvalue weighted by molar-refractivity contribution is 0.112. The highest BCUT2D eigenvalue weighted by atomic mass is 16.5. The molecule has 1 amide bonds. The molecular weight excluding hydrogens is 374 g/mol. The number of alkyl carbamates (subject to hydrolysis) is 1. The molecule has 30 heavy (non-hydrogen) atoms. The minimum absolute atomic E-state index is 0.0357. The van der Waals surface area contributed by atoms with Crippen molar-refractivity contribution in [1.29, 1.82) is 0 Å². The van der Waals surface area contributed by atoms with Crippen molar-refractivity contribution in [3.05, 3.63) is 94.5 Å². The van der Waals surface area contributed by atoms with Crippen LogP contribution in [-0.4, -0.2) is 25.5 Å². The Morgan fingerprint density at radius 2 is 1.70 bits per heavy atom. The zero-order chi connectivity index (χ0) is 20.9. The van der Waals surface area contributed by atoms with E-state index in [2.05, 4.69) is 41.4 Å². The Bertz CT molecular complexity index is 1120. The summed E-state index contributed by atoms with van der Waals surface area (Å²) >= 11 is 0. The maximum atomic E-state index is 12.1. The van der Waals surface area contributed by atoms with Crippen molar-refractivity contribution in [2.45, 2.75) is 12.8 Å². The van der Waals surface area contributed by atoms with Crippen LogP contribution >= 0.6 is 0 Å². The molecule has 1 aliphatic rings. The van der Waals surface area contributed by atoms with Crippen molar-refractivity contribution in [3.8, 4) is 23.0 Å². The Balaban J connectivity index is 1.34. The predicted molar refractivity (Wildman–Crippen MR) is 117 cm³/mol. The minimum atomic E-state index is -0.487. The first-order valence-electron chi connectivity index (χ1n) is 9.81. The van der Waals surface area contributed by atoms with Gasteiger partial charge in [0.15, 0.2) is 0 Å². The fourth-order valence-corrected chi connectivity index (χ4v) is 3.80. The number of carbonyl (C=O) groups excluding carboxylic acids is 2. The topological polar surface area (TPSA) is 55.4 Å². The maximum Gasteiger partial charge on any atom is 0.407 e. The van der Waals surface area contributed by atoms with E-state index in [1.54, 1.807) is 12.1 Å². The molecule has 3 aromatic carbocycles. The molecule has 148 valence electrons. The van der Waals surface area contributed by atoms with Crippen LogP contribution in [0.4, 0.5) is 4.79 Å². The van der Waals surface area contributed by atoms with Gasteiger partial charge in [-0.1, -0.05) is 66.4 Å². The largest absolute Gasteiger partial charge is 0.449 e. The number of rotatable bonds is 4. The highest BCUT2D eigenvalue weighted by Gasteiger charge is 2.28. The van der Waals surface area contributed by atoms with Gasteiger partial charge in [0.05, 0.1) is 6.54 Å². The van der Waals surface area contributed by atoms with Crippen molar-refractivity contribution >= 4 is 12.4 Å². The van der Waals surface area contributed by atoms with Crippen molar-refractivity contribution in [3.63, 3.8) is 0 Å². The quantitative estimate of drug-likeness (QED) is 0.515. The van der Waals surface area contributed by atoms with E-state index in [9.17, 15) is 9.59 Å². The normalized spacial score (nSPS) is 11.6. The molecule has 0 atom stereocenters. The molecule has 4 nitrogen and oxygen atoms in total. The van der Waals surface area contributed by atoms with Gasteiger partial charge >= 0.3 is 6.09 Å². The Morgan fingerprint density at radius 3 is 2.33 bits per heavy atom. The molecule has 4 heteroatoms. The van der Waals surface area contributed by atoms with Crippen LogP contribution in [-0.2, 0) is 4.74 Å². The van der Waals surface area contributed by atoms with E-state index in [0.717, 1.165) is 17.4 Å². The zero-order valence-electron chi connectivity index (χ0n) is 16.6. The average molecular weight is 395 g/mol. The fraction of sp³-hybridized carbons (Fsp3) is 0.154. The number of aldehydes is 1. The number of aryl methyl sites for hydroxylation is 1. The van der Waals surface area contributed by atoms with E-state index in [-0.39, 0.29) is 19.1 Å². The molecule has 0 spiro atoms. The van der Waals surface area contributed by atoms with Crippen LogP contribution in [0.5, 0.6) is 0 Å². The molecule has 0 saturated heterocycles. The van der Waals surface area contributed by atoms with Gasteiger partial charge in [0, 0.05) is 17.0 Å². The van der Waals surface area contributed by atoms with E-state index in [4.69, 9.17) is 4.74 Å². The molecule has 0 bridgehead atoms. The van der Waals surface area contributed by atoms with Crippen LogP contribution in [0.3, 0.4) is 0 Å². The number of hydrogen-bond acceptors (Lipinski definition) is 3. The van der Waals surface area contributed by atoms with E-state index < -0.39 is 6.09 Å². The van der Waals surface area contributed by atoms with Crippen LogP contribution < -0.4 is 5.32 Å². The number of amides is 1. The first-order valence-corrected chi connectivity index (χ1v) is 9.81. The number of fused-ring (bicyclic) bond motifs is 3. The number of hydrogen-bond donors (Lipinski definition) is 1. The molecular formula is C26H21NO3. The Labute approximate surface area is 175 Å². The average Bonchev–Trinajstić information content (AvgIpc) is 3.09. The van der Waals surface area contributed by atoms with E-state index in [1.807, 2.05) is 37.3 Å². The molecule has 1 N–H and O–H groups in total. The van der Waals surface area contributed by atoms with Gasteiger partial charge in [-0.2, -0.15) is 0 Å². The molecule has 0 unspecified atom stereocenters. The Kier molecular flexibility index (Phi) is 5.63. The molecule has 0 fully saturated rings. The second-order valence-electron chi connectivity index (χ2n) is 7.17. The zero-order valence-corrected chi connectivity index (χ0v) is 16.6. The summed E-state index contributed by atoms with van der Waals surface area (Å²) in [5.74, 6) is 5.92. The van der Waals surface area contributed by atoms with Gasteiger partial charge < -0.3 is 10.1 Å². The van der Waals surface area contributed by atoms with E-state index in [0.29, 0.717) is 5.56 Å². The molecule has 0 heterocycles. The van der Waals surface area contributed by atoms with Crippen LogP contribution in [0, 0.1) is 18.8 Å². The van der Waals surface area contributed by atoms with Crippen molar-refractivity contribution in [2.75, 3.05) is 13.2 Å². The van der Waals surface area contributed by atoms with Crippen molar-refractivity contribution in [2.24, 2.45) is 0 Å². The molecule has 3 aromatic rings. The second kappa shape index (κ2) is 8.67. The lowest BCUT2D eigenvalue weighted by atomic mass is 9.98. The van der Waals surface area contributed by atoms with E-state index >= 15 is 0 Å². The third-order valence-electron chi connectivity index (χ3n) is 5.29. The summed E-state index contributed by atoms with van der Waals surface area (Å²) in [7, 11) is 0. The summed E-state index contributed by atoms with van der Waals surface area (Å²) in [6, 6.07) is 21.8. The Morgan fingerprint density at radius 1 is 1.03 bits per heavy atom. The van der Waals surface area contributed by atoms with Crippen LogP contribution in [0.2, 0.25) is 0 Å². The summed E-state index contributed by atoms with van der Waals surface area (Å²) in [4.78, 5) is 23.0. The van der Waals surface area contributed by atoms with Crippen LogP contribution in [0.1, 0.15) is 38.5 Å². The summed E-state index contributed by atoms with van der Waals surface area (Å²) < 4.78 is 5.48. The third kappa shape index (κ3) is 3.97. The lowest BCUT2D eigenvalue weighted by Gasteiger charge is -2.14. The van der Waals surface area contributed by atoms with Gasteiger partial charge in [0.1, 0.15) is 12.9 Å². The summed E-state index contributed by atoms with van der Waals surface area (Å²) in [5, 5.41) is 2.67. The smallest absolute Gasteiger partial charge is 0.407 e. The molecule has 0 aromatic heterocycles. The van der Waals surface area contributed by atoms with Gasteiger partial charge in [-0.15, -0.1) is 0 Å². The number of benzene rings is 3. The van der Waals surface area contributed by atoms with Crippen LogP contribution in [0.15, 0.2) is 66.7 Å². The number of carbonyl (C=O) groups is 2. The summed E-state index contributed by atoms with van der Waals surface area (Å²) in [6.07, 6.45) is 0.337.